The Morgan fingerprint density at radius 3 is 2.71 bits per heavy atom. The molecule has 1 aromatic carbocycles. The largest absolute Gasteiger partial charge is 0.493 e. The highest BCUT2D eigenvalue weighted by Crippen LogP contribution is 2.27. The quantitative estimate of drug-likeness (QED) is 0.844. The molecule has 0 bridgehead atoms. The molecule has 0 N–H and O–H groups in total. The van der Waals surface area contributed by atoms with Gasteiger partial charge in [0.05, 0.1) is 7.11 Å². The first-order valence-electron chi connectivity index (χ1n) is 5.13. The summed E-state index contributed by atoms with van der Waals surface area (Å²) in [5.41, 5.74) is 0. The zero-order valence-electron chi connectivity index (χ0n) is 9.42. The Kier molecular flexibility index (Phi) is 4.28. The molecule has 0 radical (unpaired) electrons. The second kappa shape index (κ2) is 5.93. The van der Waals surface area contributed by atoms with Gasteiger partial charge in [0.25, 0.3) is 0 Å². The van der Waals surface area contributed by atoms with Crippen molar-refractivity contribution in [2.24, 2.45) is 0 Å². The van der Waals surface area contributed by atoms with Crippen LogP contribution in [-0.2, 0) is 12.4 Å². The predicted molar refractivity (Wildman–Crippen MR) is 72.1 cm³/mol. The summed E-state index contributed by atoms with van der Waals surface area (Å²) < 4.78 is 10.9. The van der Waals surface area contributed by atoms with Crippen LogP contribution in [0.5, 0.6) is 11.5 Å². The van der Waals surface area contributed by atoms with Crippen LogP contribution in [0.4, 0.5) is 0 Å². The van der Waals surface area contributed by atoms with Crippen molar-refractivity contribution in [3.63, 3.8) is 0 Å². The van der Waals surface area contributed by atoms with Gasteiger partial charge < -0.3 is 9.47 Å². The lowest BCUT2D eigenvalue weighted by Crippen LogP contribution is -1.96. The molecule has 0 saturated carbocycles. The van der Waals surface area contributed by atoms with Crippen molar-refractivity contribution in [2.45, 2.75) is 12.4 Å². The third kappa shape index (κ3) is 3.14. The molecule has 17 heavy (non-hydrogen) atoms. The van der Waals surface area contributed by atoms with Gasteiger partial charge in [0, 0.05) is 16.8 Å². The SMILES string of the molecule is COc1ccccc1OCc1ncc(CS)s1. The topological polar surface area (TPSA) is 31.4 Å². The molecule has 3 nitrogen and oxygen atoms in total. The minimum atomic E-state index is 0.457. The van der Waals surface area contributed by atoms with Crippen molar-refractivity contribution < 1.29 is 9.47 Å². The summed E-state index contributed by atoms with van der Waals surface area (Å²) in [4.78, 5) is 5.41. The maximum Gasteiger partial charge on any atom is 0.161 e. The van der Waals surface area contributed by atoms with Gasteiger partial charge in [-0.3, -0.25) is 0 Å². The number of methoxy groups -OCH3 is 1. The van der Waals surface area contributed by atoms with E-state index >= 15 is 0 Å². The van der Waals surface area contributed by atoms with Crippen LogP contribution in [0.15, 0.2) is 30.5 Å². The number of rotatable bonds is 5. The summed E-state index contributed by atoms with van der Waals surface area (Å²) in [5.74, 6) is 2.18. The van der Waals surface area contributed by atoms with Crippen LogP contribution < -0.4 is 9.47 Å². The van der Waals surface area contributed by atoms with Crippen LogP contribution in [0.3, 0.4) is 0 Å². The van der Waals surface area contributed by atoms with Crippen molar-refractivity contribution in [3.05, 3.63) is 40.3 Å². The van der Waals surface area contributed by atoms with E-state index < -0.39 is 0 Å². The highest BCUT2D eigenvalue weighted by molar-refractivity contribution is 7.79. The molecule has 90 valence electrons. The van der Waals surface area contributed by atoms with Gasteiger partial charge in [-0.2, -0.15) is 12.6 Å². The Morgan fingerprint density at radius 2 is 2.06 bits per heavy atom. The second-order valence-electron chi connectivity index (χ2n) is 3.32. The van der Waals surface area contributed by atoms with E-state index in [1.165, 1.54) is 0 Å². The summed E-state index contributed by atoms with van der Waals surface area (Å²) in [6.07, 6.45) is 1.83. The van der Waals surface area contributed by atoms with Gasteiger partial charge in [-0.15, -0.1) is 11.3 Å². The van der Waals surface area contributed by atoms with Crippen LogP contribution >= 0.6 is 24.0 Å². The van der Waals surface area contributed by atoms with Gasteiger partial charge in [-0.1, -0.05) is 12.1 Å². The van der Waals surface area contributed by atoms with E-state index in [0.29, 0.717) is 12.4 Å². The van der Waals surface area contributed by atoms with E-state index in [2.05, 4.69) is 17.6 Å². The van der Waals surface area contributed by atoms with E-state index in [9.17, 15) is 0 Å². The average molecular weight is 267 g/mol. The first-order chi connectivity index (χ1) is 8.33. The molecular weight excluding hydrogens is 254 g/mol. The van der Waals surface area contributed by atoms with Gasteiger partial charge in [-0.05, 0) is 12.1 Å². The molecule has 0 saturated heterocycles. The number of thiol groups is 1. The number of nitrogens with zero attached hydrogens (tertiary/aromatic N) is 1. The van der Waals surface area contributed by atoms with Gasteiger partial charge >= 0.3 is 0 Å². The van der Waals surface area contributed by atoms with Gasteiger partial charge in [0.15, 0.2) is 11.5 Å². The van der Waals surface area contributed by atoms with Crippen LogP contribution in [0.1, 0.15) is 9.88 Å². The van der Waals surface area contributed by atoms with Gasteiger partial charge in [0.1, 0.15) is 11.6 Å². The van der Waals surface area contributed by atoms with E-state index in [1.807, 2.05) is 30.5 Å². The molecule has 2 rings (SSSR count). The van der Waals surface area contributed by atoms with Crippen LogP contribution in [0.2, 0.25) is 0 Å². The summed E-state index contributed by atoms with van der Waals surface area (Å²) in [7, 11) is 1.63. The molecule has 0 amide bonds. The second-order valence-corrected chi connectivity index (χ2v) is 4.83. The first-order valence-corrected chi connectivity index (χ1v) is 6.58. The highest BCUT2D eigenvalue weighted by atomic mass is 32.1. The van der Waals surface area contributed by atoms with Gasteiger partial charge in [0.2, 0.25) is 0 Å². The Bertz CT molecular complexity index is 485. The highest BCUT2D eigenvalue weighted by Gasteiger charge is 2.05. The van der Waals surface area contributed by atoms with Crippen molar-refractivity contribution >= 4 is 24.0 Å². The molecule has 0 aliphatic heterocycles. The molecule has 0 aliphatic rings. The maximum absolute atomic E-state index is 5.67. The Balaban J connectivity index is 2.01. The lowest BCUT2D eigenvalue weighted by atomic mass is 10.3. The zero-order valence-corrected chi connectivity index (χ0v) is 11.1. The van der Waals surface area contributed by atoms with Crippen LogP contribution in [0.25, 0.3) is 0 Å². The normalized spacial score (nSPS) is 10.2. The molecule has 0 aliphatic carbocycles. The molecular formula is C12H13NO2S2. The Labute approximate surface area is 110 Å². The monoisotopic (exact) mass is 267 g/mol. The zero-order chi connectivity index (χ0) is 12.1. The molecule has 0 atom stereocenters. The molecule has 2 aromatic rings. The molecule has 0 spiro atoms. The molecule has 1 aromatic heterocycles. The summed E-state index contributed by atoms with van der Waals surface area (Å²) in [6.45, 7) is 0.457. The van der Waals surface area contributed by atoms with Crippen molar-refractivity contribution in [1.82, 2.24) is 4.98 Å². The van der Waals surface area contributed by atoms with Crippen LogP contribution in [-0.4, -0.2) is 12.1 Å². The van der Waals surface area contributed by atoms with Crippen molar-refractivity contribution in [2.75, 3.05) is 7.11 Å². The minimum absolute atomic E-state index is 0.457. The van der Waals surface area contributed by atoms with Gasteiger partial charge in [-0.25, -0.2) is 4.98 Å². The Morgan fingerprint density at radius 1 is 1.29 bits per heavy atom. The van der Waals surface area contributed by atoms with E-state index in [1.54, 1.807) is 18.4 Å². The number of hydrogen-bond acceptors (Lipinski definition) is 5. The molecule has 1 heterocycles. The number of para-hydroxylation sites is 2. The summed E-state index contributed by atoms with van der Waals surface area (Å²) in [6, 6.07) is 7.58. The number of aromatic nitrogens is 1. The van der Waals surface area contributed by atoms with Crippen molar-refractivity contribution in [1.29, 1.82) is 0 Å². The third-order valence-corrected chi connectivity index (χ3v) is 3.70. The van der Waals surface area contributed by atoms with Crippen molar-refractivity contribution in [3.8, 4) is 11.5 Å². The fourth-order valence-corrected chi connectivity index (χ4v) is 2.34. The smallest absolute Gasteiger partial charge is 0.161 e. The fourth-order valence-electron chi connectivity index (χ4n) is 1.37. The Hall–Kier alpha value is -1.20. The molecule has 0 fully saturated rings. The minimum Gasteiger partial charge on any atom is -0.493 e. The maximum atomic E-state index is 5.67. The molecule has 5 heteroatoms. The third-order valence-electron chi connectivity index (χ3n) is 2.18. The standard InChI is InChI=1S/C12H13NO2S2/c1-14-10-4-2-3-5-11(10)15-7-12-13-6-9(8-16)17-12/h2-6,16H,7-8H2,1H3. The number of thiazole rings is 1. The summed E-state index contributed by atoms with van der Waals surface area (Å²) in [5, 5.41) is 0.944. The lowest BCUT2D eigenvalue weighted by Gasteiger charge is -2.08. The predicted octanol–water partition coefficient (Wildman–Crippen LogP) is 3.16. The fraction of sp³-hybridized carbons (Fsp3) is 0.250. The molecule has 0 unspecified atom stereocenters. The van der Waals surface area contributed by atoms with E-state index in [0.717, 1.165) is 21.4 Å². The number of benzene rings is 1. The first kappa shape index (κ1) is 12.3. The van der Waals surface area contributed by atoms with E-state index in [4.69, 9.17) is 9.47 Å². The number of hydrogen-bond donors (Lipinski definition) is 1. The van der Waals surface area contributed by atoms with E-state index in [-0.39, 0.29) is 0 Å². The van der Waals surface area contributed by atoms with Crippen LogP contribution in [0, 0.1) is 0 Å². The average Bonchev–Trinajstić information content (AvgIpc) is 2.84. The lowest BCUT2D eigenvalue weighted by molar-refractivity contribution is 0.284. The number of ether oxygens (including phenoxy) is 2. The summed E-state index contributed by atoms with van der Waals surface area (Å²) >= 11 is 5.81.